The summed E-state index contributed by atoms with van der Waals surface area (Å²) in [5, 5.41) is 9.38. The van der Waals surface area contributed by atoms with Gasteiger partial charge >= 0.3 is 11.9 Å². The van der Waals surface area contributed by atoms with Crippen LogP contribution in [0.2, 0.25) is 0 Å². The number of aromatic carboxylic acids is 1. The van der Waals surface area contributed by atoms with Crippen LogP contribution in [0.4, 0.5) is 18.9 Å². The number of esters is 1. The van der Waals surface area contributed by atoms with Crippen molar-refractivity contribution in [1.29, 1.82) is 0 Å². The number of hydrogen-bond acceptors (Lipinski definition) is 5. The van der Waals surface area contributed by atoms with Crippen LogP contribution in [-0.2, 0) is 20.9 Å². The Morgan fingerprint density at radius 3 is 2.19 bits per heavy atom. The first-order chi connectivity index (χ1) is 14.6. The average Bonchev–Trinajstić information content (AvgIpc) is 2.73. The van der Waals surface area contributed by atoms with E-state index in [1.807, 2.05) is 0 Å². The van der Waals surface area contributed by atoms with Gasteiger partial charge in [0, 0.05) is 0 Å². The molecule has 31 heavy (non-hydrogen) atoms. The van der Waals surface area contributed by atoms with Crippen molar-refractivity contribution in [3.8, 4) is 5.75 Å². The van der Waals surface area contributed by atoms with Crippen LogP contribution in [0.1, 0.15) is 29.3 Å². The van der Waals surface area contributed by atoms with Crippen LogP contribution < -0.4 is 9.64 Å². The summed E-state index contributed by atoms with van der Waals surface area (Å²) in [7, 11) is 1.43. The molecule has 1 amide bonds. The number of carbonyl (C=O) groups excluding carboxylic acids is 2. The minimum atomic E-state index is -2.00. The zero-order chi connectivity index (χ0) is 23.3. The molecule has 11 heteroatoms. The van der Waals surface area contributed by atoms with Crippen LogP contribution in [0.5, 0.6) is 5.75 Å². The van der Waals surface area contributed by atoms with Gasteiger partial charge < -0.3 is 19.5 Å². The molecule has 0 saturated heterocycles. The van der Waals surface area contributed by atoms with Crippen molar-refractivity contribution in [3.05, 3.63) is 57.3 Å². The summed E-state index contributed by atoms with van der Waals surface area (Å²) >= 11 is 2.53. The summed E-state index contributed by atoms with van der Waals surface area (Å²) in [6, 6.07) is 6.05. The topological polar surface area (TPSA) is 93.1 Å². The summed E-state index contributed by atoms with van der Waals surface area (Å²) in [6.07, 6.45) is -0.876. The maximum atomic E-state index is 14.9. The van der Waals surface area contributed by atoms with Crippen molar-refractivity contribution in [2.45, 2.75) is 19.9 Å². The first-order valence-corrected chi connectivity index (χ1v) is 9.59. The molecule has 0 aliphatic carbocycles. The summed E-state index contributed by atoms with van der Waals surface area (Å²) < 4.78 is 52.0. The molecule has 0 bridgehead atoms. The molecule has 0 aromatic heterocycles. The van der Waals surface area contributed by atoms with E-state index in [0.717, 1.165) is 0 Å². The molecule has 0 unspecified atom stereocenters. The number of hydrogen-bond donors (Lipinski definition) is 1. The first-order valence-electron chi connectivity index (χ1n) is 8.80. The minimum Gasteiger partial charge on any atom is -0.497 e. The maximum absolute atomic E-state index is 14.9. The summed E-state index contributed by atoms with van der Waals surface area (Å²) in [4.78, 5) is 36.7. The molecule has 0 aliphatic heterocycles. The predicted molar refractivity (Wildman–Crippen MR) is 106 cm³/mol. The number of anilines is 1. The third-order valence-electron chi connectivity index (χ3n) is 4.13. The lowest BCUT2D eigenvalue weighted by Gasteiger charge is -2.26. The highest BCUT2D eigenvalue weighted by Gasteiger charge is 2.34. The van der Waals surface area contributed by atoms with Crippen LogP contribution in [0.3, 0.4) is 0 Å². The second-order valence-electron chi connectivity index (χ2n) is 6.09. The van der Waals surface area contributed by atoms with Gasteiger partial charge in [0.1, 0.15) is 17.7 Å². The standard InChI is InChI=1S/C20H17BrF3NO6/c1-3-31-13(27)8-12(26)25(9-10-4-6-11(30-2)7-5-10)19-14(20(28)29)16(22)17(23)15(21)18(19)24/h4-7H,3,8-9H2,1-2H3,(H,28,29). The molecule has 7 nitrogen and oxygen atoms in total. The summed E-state index contributed by atoms with van der Waals surface area (Å²) in [5.74, 6) is -8.69. The summed E-state index contributed by atoms with van der Waals surface area (Å²) in [5.41, 5.74) is -2.04. The molecule has 166 valence electrons. The molecule has 1 N–H and O–H groups in total. The van der Waals surface area contributed by atoms with Gasteiger partial charge in [0.05, 0.1) is 30.4 Å². The molecule has 0 atom stereocenters. The Kier molecular flexibility index (Phi) is 8.03. The summed E-state index contributed by atoms with van der Waals surface area (Å²) in [6.45, 7) is 1.03. The third kappa shape index (κ3) is 5.35. The Morgan fingerprint density at radius 2 is 1.68 bits per heavy atom. The fraction of sp³-hybridized carbons (Fsp3) is 0.250. The normalized spacial score (nSPS) is 10.5. The largest absolute Gasteiger partial charge is 0.497 e. The number of methoxy groups -OCH3 is 1. The number of carbonyl (C=O) groups is 3. The van der Waals surface area contributed by atoms with Gasteiger partial charge in [-0.05, 0) is 40.5 Å². The molecule has 0 spiro atoms. The number of rotatable bonds is 8. The number of carboxylic acid groups (broad SMARTS) is 1. The van der Waals surface area contributed by atoms with Gasteiger partial charge in [0.2, 0.25) is 5.91 Å². The van der Waals surface area contributed by atoms with E-state index in [1.165, 1.54) is 38.3 Å². The lowest BCUT2D eigenvalue weighted by atomic mass is 10.1. The lowest BCUT2D eigenvalue weighted by Crippen LogP contribution is -2.35. The molecule has 0 fully saturated rings. The fourth-order valence-electron chi connectivity index (χ4n) is 2.71. The molecule has 2 aromatic carbocycles. The van der Waals surface area contributed by atoms with E-state index < -0.39 is 64.0 Å². The van der Waals surface area contributed by atoms with Gasteiger partial charge in [-0.3, -0.25) is 9.59 Å². The number of nitrogens with zero attached hydrogens (tertiary/aromatic N) is 1. The van der Waals surface area contributed by atoms with E-state index in [9.17, 15) is 32.7 Å². The number of halogens is 4. The Bertz CT molecular complexity index is 1010. The molecular weight excluding hydrogens is 487 g/mol. The van der Waals surface area contributed by atoms with Gasteiger partial charge in [-0.25, -0.2) is 18.0 Å². The van der Waals surface area contributed by atoms with Crippen molar-refractivity contribution >= 4 is 39.5 Å². The van der Waals surface area contributed by atoms with Gasteiger partial charge in [-0.1, -0.05) is 12.1 Å². The number of amides is 1. The molecule has 2 aromatic rings. The minimum absolute atomic E-state index is 0.0317. The van der Waals surface area contributed by atoms with E-state index in [2.05, 4.69) is 15.9 Å². The van der Waals surface area contributed by atoms with Gasteiger partial charge in [0.25, 0.3) is 0 Å². The van der Waals surface area contributed by atoms with E-state index >= 15 is 0 Å². The van der Waals surface area contributed by atoms with Crippen molar-refractivity contribution in [2.24, 2.45) is 0 Å². The van der Waals surface area contributed by atoms with Crippen molar-refractivity contribution < 1.29 is 42.1 Å². The van der Waals surface area contributed by atoms with Gasteiger partial charge in [-0.2, -0.15) is 0 Å². The Morgan fingerprint density at radius 1 is 1.06 bits per heavy atom. The van der Waals surface area contributed by atoms with Crippen LogP contribution in [0.25, 0.3) is 0 Å². The van der Waals surface area contributed by atoms with E-state index in [1.54, 1.807) is 0 Å². The number of ether oxygens (including phenoxy) is 2. The zero-order valence-corrected chi connectivity index (χ0v) is 18.0. The molecule has 2 rings (SSSR count). The second kappa shape index (κ2) is 10.3. The second-order valence-corrected chi connectivity index (χ2v) is 6.89. The van der Waals surface area contributed by atoms with Crippen LogP contribution >= 0.6 is 15.9 Å². The molecule has 0 saturated carbocycles. The van der Waals surface area contributed by atoms with E-state index in [4.69, 9.17) is 9.47 Å². The number of carboxylic acids is 1. The Balaban J connectivity index is 2.65. The van der Waals surface area contributed by atoms with Crippen LogP contribution in [-0.4, -0.2) is 36.7 Å². The Hall–Kier alpha value is -3.08. The SMILES string of the molecule is CCOC(=O)CC(=O)N(Cc1ccc(OC)cc1)c1c(F)c(Br)c(F)c(F)c1C(=O)O. The Labute approximate surface area is 183 Å². The monoisotopic (exact) mass is 503 g/mol. The smallest absolute Gasteiger partial charge is 0.341 e. The van der Waals surface area contributed by atoms with Crippen LogP contribution in [0.15, 0.2) is 28.7 Å². The molecular formula is C20H17BrF3NO6. The van der Waals surface area contributed by atoms with Gasteiger partial charge in [0.15, 0.2) is 17.5 Å². The fourth-order valence-corrected chi connectivity index (χ4v) is 3.07. The highest BCUT2D eigenvalue weighted by atomic mass is 79.9. The molecule has 0 aliphatic rings. The average molecular weight is 504 g/mol. The van der Waals surface area contributed by atoms with Crippen LogP contribution in [0, 0.1) is 17.5 Å². The zero-order valence-electron chi connectivity index (χ0n) is 16.4. The predicted octanol–water partition coefficient (Wildman–Crippen LogP) is 4.06. The van der Waals surface area contributed by atoms with Crippen molar-refractivity contribution in [2.75, 3.05) is 18.6 Å². The van der Waals surface area contributed by atoms with E-state index in [0.29, 0.717) is 16.2 Å². The molecule has 0 radical (unpaired) electrons. The van der Waals surface area contributed by atoms with E-state index in [-0.39, 0.29) is 6.61 Å². The maximum Gasteiger partial charge on any atom is 0.341 e. The van der Waals surface area contributed by atoms with Gasteiger partial charge in [-0.15, -0.1) is 0 Å². The lowest BCUT2D eigenvalue weighted by molar-refractivity contribution is -0.145. The number of benzene rings is 2. The van der Waals surface area contributed by atoms with Crippen molar-refractivity contribution in [1.82, 2.24) is 0 Å². The first kappa shape index (κ1) is 24.2. The van der Waals surface area contributed by atoms with Crippen molar-refractivity contribution in [3.63, 3.8) is 0 Å². The highest BCUT2D eigenvalue weighted by molar-refractivity contribution is 9.10. The molecule has 0 heterocycles. The third-order valence-corrected chi connectivity index (χ3v) is 4.82. The highest BCUT2D eigenvalue weighted by Crippen LogP contribution is 2.36. The quantitative estimate of drug-likeness (QED) is 0.252.